The SMILES string of the molecule is CCSc1ccccc1C(=O)NNC(=O)c1ccc(C)cc1. The molecule has 2 N–H and O–H groups in total. The number of carbonyl (C=O) groups is 2. The number of aryl methyl sites for hydroxylation is 1. The molecule has 2 amide bonds. The van der Waals surface area contributed by atoms with E-state index in [1.807, 2.05) is 38.1 Å². The first-order chi connectivity index (χ1) is 10.6. The first-order valence-corrected chi connectivity index (χ1v) is 7.99. The van der Waals surface area contributed by atoms with Gasteiger partial charge in [-0.25, -0.2) is 0 Å². The molecule has 0 atom stereocenters. The Hall–Kier alpha value is -2.27. The third-order valence-electron chi connectivity index (χ3n) is 3.03. The molecule has 0 aliphatic carbocycles. The number of carbonyl (C=O) groups excluding carboxylic acids is 2. The van der Waals surface area contributed by atoms with Gasteiger partial charge in [0.2, 0.25) is 0 Å². The monoisotopic (exact) mass is 314 g/mol. The zero-order valence-electron chi connectivity index (χ0n) is 12.6. The summed E-state index contributed by atoms with van der Waals surface area (Å²) in [6, 6.07) is 14.5. The van der Waals surface area contributed by atoms with Gasteiger partial charge in [0.15, 0.2) is 0 Å². The Labute approximate surface area is 134 Å². The molecule has 114 valence electrons. The highest BCUT2D eigenvalue weighted by atomic mass is 32.2. The smallest absolute Gasteiger partial charge is 0.267 e. The van der Waals surface area contributed by atoms with Crippen LogP contribution in [-0.2, 0) is 0 Å². The van der Waals surface area contributed by atoms with E-state index in [4.69, 9.17) is 0 Å². The van der Waals surface area contributed by atoms with Crippen LogP contribution in [0.2, 0.25) is 0 Å². The standard InChI is InChI=1S/C17H18N2O2S/c1-3-22-15-7-5-4-6-14(15)17(21)19-18-16(20)13-10-8-12(2)9-11-13/h4-11H,3H2,1-2H3,(H,18,20)(H,19,21). The third kappa shape index (κ3) is 4.11. The van der Waals surface area contributed by atoms with Gasteiger partial charge in [-0.1, -0.05) is 36.8 Å². The Bertz CT molecular complexity index is 669. The van der Waals surface area contributed by atoms with Crippen LogP contribution in [0.3, 0.4) is 0 Å². The maximum absolute atomic E-state index is 12.2. The molecule has 5 heteroatoms. The van der Waals surface area contributed by atoms with E-state index in [1.165, 1.54) is 0 Å². The molecular weight excluding hydrogens is 296 g/mol. The van der Waals surface area contributed by atoms with Crippen LogP contribution in [0.15, 0.2) is 53.4 Å². The summed E-state index contributed by atoms with van der Waals surface area (Å²) in [5.41, 5.74) is 7.03. The predicted octanol–water partition coefficient (Wildman–Crippen LogP) is 3.18. The normalized spacial score (nSPS) is 10.1. The predicted molar refractivity (Wildman–Crippen MR) is 89.0 cm³/mol. The van der Waals surface area contributed by atoms with Crippen LogP contribution in [0.4, 0.5) is 0 Å². The van der Waals surface area contributed by atoms with E-state index in [1.54, 1.807) is 36.0 Å². The number of hydrogen-bond donors (Lipinski definition) is 2. The fraction of sp³-hybridized carbons (Fsp3) is 0.176. The van der Waals surface area contributed by atoms with Gasteiger partial charge in [0.05, 0.1) is 5.56 Å². The van der Waals surface area contributed by atoms with Gasteiger partial charge in [0.25, 0.3) is 11.8 Å². The van der Waals surface area contributed by atoms with Crippen LogP contribution >= 0.6 is 11.8 Å². The van der Waals surface area contributed by atoms with Gasteiger partial charge in [0.1, 0.15) is 0 Å². The summed E-state index contributed by atoms with van der Waals surface area (Å²) >= 11 is 1.59. The van der Waals surface area contributed by atoms with Crippen molar-refractivity contribution in [1.29, 1.82) is 0 Å². The lowest BCUT2D eigenvalue weighted by Crippen LogP contribution is -2.41. The third-order valence-corrected chi connectivity index (χ3v) is 3.99. The molecule has 0 saturated carbocycles. The number of benzene rings is 2. The topological polar surface area (TPSA) is 58.2 Å². The van der Waals surface area contributed by atoms with Crippen LogP contribution in [0.5, 0.6) is 0 Å². The average Bonchev–Trinajstić information content (AvgIpc) is 2.54. The number of hydrazine groups is 1. The van der Waals surface area contributed by atoms with Crippen LogP contribution < -0.4 is 10.9 Å². The maximum Gasteiger partial charge on any atom is 0.270 e. The van der Waals surface area contributed by atoms with Gasteiger partial charge in [0, 0.05) is 10.5 Å². The molecule has 0 aliphatic heterocycles. The van der Waals surface area contributed by atoms with Crippen molar-refractivity contribution in [3.63, 3.8) is 0 Å². The van der Waals surface area contributed by atoms with E-state index >= 15 is 0 Å². The molecule has 0 fully saturated rings. The van der Waals surface area contributed by atoms with Crippen molar-refractivity contribution >= 4 is 23.6 Å². The number of hydrogen-bond acceptors (Lipinski definition) is 3. The Morgan fingerprint density at radius 1 is 0.955 bits per heavy atom. The summed E-state index contributed by atoms with van der Waals surface area (Å²) in [5.74, 6) is 0.214. The lowest BCUT2D eigenvalue weighted by Gasteiger charge is -2.10. The molecule has 4 nitrogen and oxygen atoms in total. The number of thioether (sulfide) groups is 1. The van der Waals surface area contributed by atoms with E-state index < -0.39 is 0 Å². The van der Waals surface area contributed by atoms with Gasteiger partial charge in [-0.05, 0) is 36.9 Å². The maximum atomic E-state index is 12.2. The quantitative estimate of drug-likeness (QED) is 0.673. The van der Waals surface area contributed by atoms with Gasteiger partial charge >= 0.3 is 0 Å². The zero-order valence-corrected chi connectivity index (χ0v) is 13.4. The summed E-state index contributed by atoms with van der Waals surface area (Å²) in [5, 5.41) is 0. The molecule has 0 aliphatic rings. The van der Waals surface area contributed by atoms with Crippen LogP contribution in [0, 0.1) is 6.92 Å². The van der Waals surface area contributed by atoms with E-state index in [0.717, 1.165) is 16.2 Å². The van der Waals surface area contributed by atoms with Gasteiger partial charge in [-0.3, -0.25) is 20.4 Å². The fourth-order valence-electron chi connectivity index (χ4n) is 1.89. The molecule has 0 radical (unpaired) electrons. The summed E-state index contributed by atoms with van der Waals surface area (Å²) < 4.78 is 0. The van der Waals surface area contributed by atoms with E-state index in [9.17, 15) is 9.59 Å². The first-order valence-electron chi connectivity index (χ1n) is 7.01. The molecule has 0 saturated heterocycles. The average molecular weight is 314 g/mol. The second kappa shape index (κ2) is 7.66. The number of amides is 2. The number of rotatable bonds is 4. The molecule has 0 bridgehead atoms. The van der Waals surface area contributed by atoms with Crippen molar-refractivity contribution in [3.05, 3.63) is 65.2 Å². The molecule has 2 rings (SSSR count). The molecule has 0 heterocycles. The highest BCUT2D eigenvalue weighted by molar-refractivity contribution is 7.99. The lowest BCUT2D eigenvalue weighted by molar-refractivity contribution is 0.0845. The minimum Gasteiger partial charge on any atom is -0.267 e. The van der Waals surface area contributed by atoms with Crippen molar-refractivity contribution in [1.82, 2.24) is 10.9 Å². The Morgan fingerprint density at radius 2 is 1.59 bits per heavy atom. The lowest BCUT2D eigenvalue weighted by atomic mass is 10.1. The summed E-state index contributed by atoms with van der Waals surface area (Å²) in [4.78, 5) is 25.1. The zero-order chi connectivity index (χ0) is 15.9. The molecule has 2 aromatic carbocycles. The molecule has 22 heavy (non-hydrogen) atoms. The van der Waals surface area contributed by atoms with Crippen molar-refractivity contribution in [2.75, 3.05) is 5.75 Å². The van der Waals surface area contributed by atoms with E-state index in [2.05, 4.69) is 10.9 Å². The van der Waals surface area contributed by atoms with Gasteiger partial charge in [-0.15, -0.1) is 11.8 Å². The van der Waals surface area contributed by atoms with Crippen LogP contribution in [-0.4, -0.2) is 17.6 Å². The van der Waals surface area contributed by atoms with Crippen molar-refractivity contribution < 1.29 is 9.59 Å². The second-order valence-corrected chi connectivity index (χ2v) is 6.01. The van der Waals surface area contributed by atoms with Crippen molar-refractivity contribution in [2.45, 2.75) is 18.7 Å². The summed E-state index contributed by atoms with van der Waals surface area (Å²) in [7, 11) is 0. The number of nitrogens with one attached hydrogen (secondary N) is 2. The van der Waals surface area contributed by atoms with Crippen molar-refractivity contribution in [3.8, 4) is 0 Å². The molecular formula is C17H18N2O2S. The van der Waals surface area contributed by atoms with Crippen LogP contribution in [0.25, 0.3) is 0 Å². The Balaban J connectivity index is 2.01. The van der Waals surface area contributed by atoms with Gasteiger partial charge < -0.3 is 0 Å². The Kier molecular flexibility index (Phi) is 5.61. The molecule has 0 spiro atoms. The molecule has 2 aromatic rings. The minimum absolute atomic E-state index is 0.322. The highest BCUT2D eigenvalue weighted by Gasteiger charge is 2.12. The van der Waals surface area contributed by atoms with Crippen LogP contribution in [0.1, 0.15) is 33.2 Å². The largest absolute Gasteiger partial charge is 0.270 e. The molecule has 0 aromatic heterocycles. The van der Waals surface area contributed by atoms with E-state index in [-0.39, 0.29) is 11.8 Å². The summed E-state index contributed by atoms with van der Waals surface area (Å²) in [6.45, 7) is 3.98. The van der Waals surface area contributed by atoms with Gasteiger partial charge in [-0.2, -0.15) is 0 Å². The first kappa shape index (κ1) is 16.1. The summed E-state index contributed by atoms with van der Waals surface area (Å²) in [6.07, 6.45) is 0. The fourth-order valence-corrected chi connectivity index (χ4v) is 2.70. The Morgan fingerprint density at radius 3 is 2.27 bits per heavy atom. The molecule has 0 unspecified atom stereocenters. The van der Waals surface area contributed by atoms with E-state index in [0.29, 0.717) is 11.1 Å². The minimum atomic E-state index is -0.339. The highest BCUT2D eigenvalue weighted by Crippen LogP contribution is 2.21. The second-order valence-electron chi connectivity index (χ2n) is 4.70. The van der Waals surface area contributed by atoms with Crippen molar-refractivity contribution in [2.24, 2.45) is 0 Å².